The Morgan fingerprint density at radius 1 is 1.35 bits per heavy atom. The molecule has 26 heavy (non-hydrogen) atoms. The number of amides is 1. The number of nitrogens with zero attached hydrogens (tertiary/aromatic N) is 4. The summed E-state index contributed by atoms with van der Waals surface area (Å²) < 4.78 is 9.67. The first-order chi connectivity index (χ1) is 12.6. The molecular weight excluding hydrogens is 330 g/mol. The van der Waals surface area contributed by atoms with E-state index >= 15 is 0 Å². The lowest BCUT2D eigenvalue weighted by Gasteiger charge is -2.30. The van der Waals surface area contributed by atoms with Gasteiger partial charge >= 0.3 is 0 Å². The highest BCUT2D eigenvalue weighted by atomic mass is 16.5. The Hall–Kier alpha value is -2.67. The summed E-state index contributed by atoms with van der Waals surface area (Å²) >= 11 is 0. The van der Waals surface area contributed by atoms with Crippen molar-refractivity contribution in [1.82, 2.24) is 24.5 Å². The van der Waals surface area contributed by atoms with Crippen LogP contribution in [0, 0.1) is 12.8 Å². The van der Waals surface area contributed by atoms with Gasteiger partial charge in [-0.15, -0.1) is 0 Å². The van der Waals surface area contributed by atoms with Gasteiger partial charge in [0, 0.05) is 32.2 Å². The highest BCUT2D eigenvalue weighted by molar-refractivity contribution is 5.79. The molecule has 0 radical (unpaired) electrons. The van der Waals surface area contributed by atoms with Gasteiger partial charge in [-0.2, -0.15) is 5.10 Å². The normalized spacial score (nSPS) is 20.4. The van der Waals surface area contributed by atoms with E-state index in [9.17, 15) is 4.79 Å². The number of nitrogens with one attached hydrogen (secondary N) is 1. The summed E-state index contributed by atoms with van der Waals surface area (Å²) in [4.78, 5) is 17.4. The number of aromatic nitrogens is 4. The van der Waals surface area contributed by atoms with E-state index in [2.05, 4.69) is 15.4 Å². The second-order valence-electron chi connectivity index (χ2n) is 6.84. The fraction of sp³-hybridized carbons (Fsp3) is 0.421. The summed E-state index contributed by atoms with van der Waals surface area (Å²) in [5, 5.41) is 7.23. The molecule has 3 aromatic heterocycles. The van der Waals surface area contributed by atoms with Crippen molar-refractivity contribution in [2.45, 2.75) is 32.4 Å². The van der Waals surface area contributed by atoms with Crippen LogP contribution in [-0.2, 0) is 23.1 Å². The van der Waals surface area contributed by atoms with Crippen LogP contribution in [0.2, 0.25) is 0 Å². The first kappa shape index (κ1) is 16.8. The van der Waals surface area contributed by atoms with Gasteiger partial charge in [0.1, 0.15) is 11.8 Å². The Morgan fingerprint density at radius 2 is 2.23 bits per heavy atom. The lowest BCUT2D eigenvalue weighted by atomic mass is 9.91. The highest BCUT2D eigenvalue weighted by Gasteiger charge is 2.34. The Balaban J connectivity index is 1.46. The van der Waals surface area contributed by atoms with Crippen molar-refractivity contribution in [3.8, 4) is 0 Å². The zero-order valence-electron chi connectivity index (χ0n) is 15.1. The van der Waals surface area contributed by atoms with Gasteiger partial charge in [0.15, 0.2) is 0 Å². The number of rotatable bonds is 4. The summed E-state index contributed by atoms with van der Waals surface area (Å²) in [5.74, 6) is -0.206. The summed E-state index contributed by atoms with van der Waals surface area (Å²) in [6, 6.07) is 5.93. The Labute approximate surface area is 152 Å². The molecule has 3 aromatic rings. The van der Waals surface area contributed by atoms with Crippen molar-refractivity contribution >= 4 is 11.6 Å². The van der Waals surface area contributed by atoms with E-state index in [0.717, 1.165) is 29.9 Å². The standard InChI is InChI=1S/C19H23N5O2/c1-13-5-6-17-22-14(12-24(17)11-13)10-20-19(25)15-4-3-9-26-18(15)16-7-8-21-23(16)2/h5-8,11-12,15,18H,3-4,9-10H2,1-2H3,(H,20,25)/t15-,18-/m1/s1. The monoisotopic (exact) mass is 353 g/mol. The Morgan fingerprint density at radius 3 is 3.04 bits per heavy atom. The highest BCUT2D eigenvalue weighted by Crippen LogP contribution is 2.33. The summed E-state index contributed by atoms with van der Waals surface area (Å²) in [5.41, 5.74) is 3.84. The van der Waals surface area contributed by atoms with Crippen LogP contribution in [-0.4, -0.2) is 31.7 Å². The fourth-order valence-corrected chi connectivity index (χ4v) is 3.55. The molecule has 7 heteroatoms. The summed E-state index contributed by atoms with van der Waals surface area (Å²) in [6.07, 6.45) is 7.17. The van der Waals surface area contributed by atoms with E-state index < -0.39 is 0 Å². The first-order valence-corrected chi connectivity index (χ1v) is 8.93. The molecule has 136 valence electrons. The molecule has 4 heterocycles. The number of fused-ring (bicyclic) bond motifs is 1. The summed E-state index contributed by atoms with van der Waals surface area (Å²) in [7, 11) is 1.88. The molecule has 1 fully saturated rings. The van der Waals surface area contributed by atoms with Crippen LogP contribution in [0.1, 0.15) is 35.9 Å². The van der Waals surface area contributed by atoms with Crippen molar-refractivity contribution in [2.75, 3.05) is 6.61 Å². The first-order valence-electron chi connectivity index (χ1n) is 8.93. The third-order valence-electron chi connectivity index (χ3n) is 4.90. The number of ether oxygens (including phenoxy) is 1. The lowest BCUT2D eigenvalue weighted by molar-refractivity contribution is -0.135. The molecule has 2 atom stereocenters. The van der Waals surface area contributed by atoms with Crippen LogP contribution >= 0.6 is 0 Å². The molecule has 7 nitrogen and oxygen atoms in total. The molecule has 1 aliphatic rings. The lowest BCUT2D eigenvalue weighted by Crippen LogP contribution is -2.38. The maximum atomic E-state index is 12.8. The Bertz CT molecular complexity index is 929. The van der Waals surface area contributed by atoms with Gasteiger partial charge in [-0.3, -0.25) is 9.48 Å². The predicted molar refractivity (Wildman–Crippen MR) is 96.4 cm³/mol. The third-order valence-corrected chi connectivity index (χ3v) is 4.90. The van der Waals surface area contributed by atoms with Crippen LogP contribution in [0.3, 0.4) is 0 Å². The largest absolute Gasteiger partial charge is 0.371 e. The SMILES string of the molecule is Cc1ccc2nc(CNC(=O)[C@@H]3CCCO[C@H]3c3ccnn3C)cn2c1. The van der Waals surface area contributed by atoms with Crippen molar-refractivity contribution in [2.24, 2.45) is 13.0 Å². The zero-order valence-corrected chi connectivity index (χ0v) is 15.1. The second-order valence-corrected chi connectivity index (χ2v) is 6.84. The smallest absolute Gasteiger partial charge is 0.226 e. The molecule has 0 aromatic carbocycles. The van der Waals surface area contributed by atoms with Crippen LogP contribution in [0.5, 0.6) is 0 Å². The minimum atomic E-state index is -0.250. The van der Waals surface area contributed by atoms with Crippen LogP contribution in [0.15, 0.2) is 36.8 Å². The molecule has 0 aliphatic carbocycles. The van der Waals surface area contributed by atoms with Crippen molar-refractivity contribution in [1.29, 1.82) is 0 Å². The van der Waals surface area contributed by atoms with Crippen LogP contribution in [0.25, 0.3) is 5.65 Å². The zero-order chi connectivity index (χ0) is 18.1. The molecule has 0 unspecified atom stereocenters. The van der Waals surface area contributed by atoms with E-state index in [1.807, 2.05) is 49.0 Å². The van der Waals surface area contributed by atoms with Gasteiger partial charge in [-0.05, 0) is 37.5 Å². The van der Waals surface area contributed by atoms with Gasteiger partial charge in [-0.1, -0.05) is 6.07 Å². The Kier molecular flexibility index (Phi) is 4.46. The molecule has 1 N–H and O–H groups in total. The van der Waals surface area contributed by atoms with E-state index in [1.54, 1.807) is 10.9 Å². The van der Waals surface area contributed by atoms with Gasteiger partial charge in [0.2, 0.25) is 5.91 Å². The van der Waals surface area contributed by atoms with Crippen molar-refractivity contribution in [3.05, 3.63) is 53.7 Å². The minimum Gasteiger partial charge on any atom is -0.371 e. The number of imidazole rings is 1. The number of pyridine rings is 1. The van der Waals surface area contributed by atoms with E-state index in [-0.39, 0.29) is 17.9 Å². The van der Waals surface area contributed by atoms with E-state index in [1.165, 1.54) is 5.56 Å². The number of carbonyl (C=O) groups is 1. The third kappa shape index (κ3) is 3.22. The van der Waals surface area contributed by atoms with Crippen LogP contribution in [0.4, 0.5) is 0 Å². The summed E-state index contributed by atoms with van der Waals surface area (Å²) in [6.45, 7) is 3.13. The van der Waals surface area contributed by atoms with Gasteiger partial charge in [0.05, 0.1) is 23.9 Å². The average molecular weight is 353 g/mol. The molecule has 1 amide bonds. The molecule has 0 saturated carbocycles. The molecule has 1 aliphatic heterocycles. The van der Waals surface area contributed by atoms with Crippen molar-refractivity contribution in [3.63, 3.8) is 0 Å². The van der Waals surface area contributed by atoms with Gasteiger partial charge in [0.25, 0.3) is 0 Å². The minimum absolute atomic E-state index is 0.00383. The molecule has 1 saturated heterocycles. The van der Waals surface area contributed by atoms with Gasteiger partial charge in [-0.25, -0.2) is 4.98 Å². The topological polar surface area (TPSA) is 73.4 Å². The number of aryl methyl sites for hydroxylation is 2. The second kappa shape index (κ2) is 6.92. The molecule has 4 rings (SSSR count). The van der Waals surface area contributed by atoms with E-state index in [0.29, 0.717) is 13.2 Å². The number of hydrogen-bond donors (Lipinski definition) is 1. The molecule has 0 spiro atoms. The fourth-order valence-electron chi connectivity index (χ4n) is 3.55. The van der Waals surface area contributed by atoms with Crippen molar-refractivity contribution < 1.29 is 9.53 Å². The number of carbonyl (C=O) groups excluding carboxylic acids is 1. The quantitative estimate of drug-likeness (QED) is 0.780. The maximum absolute atomic E-state index is 12.8. The predicted octanol–water partition coefficient (Wildman–Crippen LogP) is 2.16. The van der Waals surface area contributed by atoms with E-state index in [4.69, 9.17) is 4.74 Å². The van der Waals surface area contributed by atoms with Crippen LogP contribution < -0.4 is 5.32 Å². The van der Waals surface area contributed by atoms with Gasteiger partial charge < -0.3 is 14.5 Å². The number of hydrogen-bond acceptors (Lipinski definition) is 4. The average Bonchev–Trinajstić information content (AvgIpc) is 3.25. The molecule has 0 bridgehead atoms. The maximum Gasteiger partial charge on any atom is 0.226 e. The molecular formula is C19H23N5O2.